The van der Waals surface area contributed by atoms with Crippen molar-refractivity contribution in [1.29, 1.82) is 0 Å². The summed E-state index contributed by atoms with van der Waals surface area (Å²) in [5.41, 5.74) is 7.42. The van der Waals surface area contributed by atoms with Crippen LogP contribution in [0.5, 0.6) is 0 Å². The fourth-order valence-electron chi connectivity index (χ4n) is 2.29. The third-order valence-electron chi connectivity index (χ3n) is 3.65. The average Bonchev–Trinajstić information content (AvgIpc) is 3.03. The van der Waals surface area contributed by atoms with E-state index in [1.54, 1.807) is 6.20 Å². The van der Waals surface area contributed by atoms with Gasteiger partial charge in [0.25, 0.3) is 0 Å². The highest BCUT2D eigenvalue weighted by atomic mass is 16.4. The van der Waals surface area contributed by atoms with E-state index in [1.807, 2.05) is 20.0 Å². The molecule has 18 heavy (non-hydrogen) atoms. The van der Waals surface area contributed by atoms with Crippen molar-refractivity contribution in [3.63, 3.8) is 0 Å². The summed E-state index contributed by atoms with van der Waals surface area (Å²) in [6.45, 7) is 5.15. The van der Waals surface area contributed by atoms with E-state index >= 15 is 0 Å². The minimum Gasteiger partial charge on any atom is -0.409 e. The molecule has 2 rings (SSSR count). The first-order valence-corrected chi connectivity index (χ1v) is 6.19. The van der Waals surface area contributed by atoms with E-state index in [0.29, 0.717) is 0 Å². The van der Waals surface area contributed by atoms with Crippen LogP contribution < -0.4 is 10.6 Å². The number of aryl methyl sites for hydroxylation is 1. The lowest BCUT2D eigenvalue weighted by Crippen LogP contribution is -2.27. The maximum Gasteiger partial charge on any atom is 0.174 e. The molecule has 3 N–H and O–H groups in total. The zero-order chi connectivity index (χ0) is 13.3. The number of hydrogen-bond acceptors (Lipinski definition) is 4. The molecule has 2 atom stereocenters. The van der Waals surface area contributed by atoms with Crippen LogP contribution in [0.4, 0.5) is 5.82 Å². The fraction of sp³-hybridized carbons (Fsp3) is 0.538. The van der Waals surface area contributed by atoms with Crippen molar-refractivity contribution in [3.05, 3.63) is 23.4 Å². The molecule has 1 aliphatic carbocycles. The number of amidine groups is 1. The fourth-order valence-corrected chi connectivity index (χ4v) is 2.29. The Kier molecular flexibility index (Phi) is 3.41. The maximum absolute atomic E-state index is 8.87. The smallest absolute Gasteiger partial charge is 0.174 e. The standard InChI is InChI=1S/C13H20N4O/c1-8-4-5-15-13(11(8)12(14)16-18)17(3)7-10-6-9(10)2/h4-5,9-10,18H,6-7H2,1-3H3,(H2,14,16). The number of aromatic nitrogens is 1. The molecule has 0 radical (unpaired) electrons. The van der Waals surface area contributed by atoms with Crippen molar-refractivity contribution in [2.75, 3.05) is 18.5 Å². The minimum atomic E-state index is 0.117. The highest BCUT2D eigenvalue weighted by molar-refractivity contribution is 6.02. The van der Waals surface area contributed by atoms with Gasteiger partial charge in [-0.2, -0.15) is 0 Å². The summed E-state index contributed by atoms with van der Waals surface area (Å²) in [4.78, 5) is 6.46. The molecule has 1 fully saturated rings. The Labute approximate surface area is 107 Å². The van der Waals surface area contributed by atoms with E-state index in [9.17, 15) is 0 Å². The van der Waals surface area contributed by atoms with Gasteiger partial charge < -0.3 is 15.8 Å². The SMILES string of the molecule is Cc1ccnc(N(C)CC2CC2C)c1/C(N)=N/O. The van der Waals surface area contributed by atoms with Gasteiger partial charge in [-0.15, -0.1) is 0 Å². The van der Waals surface area contributed by atoms with Crippen molar-refractivity contribution in [1.82, 2.24) is 4.98 Å². The van der Waals surface area contributed by atoms with Gasteiger partial charge in [0.15, 0.2) is 5.84 Å². The Bertz CT molecular complexity index is 472. The lowest BCUT2D eigenvalue weighted by molar-refractivity contribution is 0.318. The number of rotatable bonds is 4. The van der Waals surface area contributed by atoms with E-state index in [2.05, 4.69) is 22.0 Å². The Morgan fingerprint density at radius 3 is 2.89 bits per heavy atom. The molecule has 2 unspecified atom stereocenters. The van der Waals surface area contributed by atoms with Crippen LogP contribution >= 0.6 is 0 Å². The Balaban J connectivity index is 2.28. The summed E-state index contributed by atoms with van der Waals surface area (Å²) in [5.74, 6) is 2.43. The van der Waals surface area contributed by atoms with E-state index in [0.717, 1.165) is 35.3 Å². The predicted molar refractivity (Wildman–Crippen MR) is 72.0 cm³/mol. The molecular formula is C13H20N4O. The monoisotopic (exact) mass is 248 g/mol. The minimum absolute atomic E-state index is 0.117. The first-order chi connectivity index (χ1) is 8.54. The molecule has 0 aliphatic heterocycles. The summed E-state index contributed by atoms with van der Waals surface area (Å²) in [5, 5.41) is 12.0. The van der Waals surface area contributed by atoms with E-state index in [4.69, 9.17) is 10.9 Å². The highest BCUT2D eigenvalue weighted by Crippen LogP contribution is 2.38. The molecule has 98 valence electrons. The number of anilines is 1. The molecule has 5 nitrogen and oxygen atoms in total. The van der Waals surface area contributed by atoms with Gasteiger partial charge in [0.05, 0.1) is 5.56 Å². The van der Waals surface area contributed by atoms with Crippen LogP contribution in [-0.2, 0) is 0 Å². The van der Waals surface area contributed by atoms with Crippen molar-refractivity contribution >= 4 is 11.7 Å². The lowest BCUT2D eigenvalue weighted by Gasteiger charge is -2.21. The summed E-state index contributed by atoms with van der Waals surface area (Å²) in [7, 11) is 2.00. The van der Waals surface area contributed by atoms with Gasteiger partial charge in [0.1, 0.15) is 5.82 Å². The summed E-state index contributed by atoms with van der Waals surface area (Å²) >= 11 is 0. The summed E-state index contributed by atoms with van der Waals surface area (Å²) in [6.07, 6.45) is 3.03. The maximum atomic E-state index is 8.87. The largest absolute Gasteiger partial charge is 0.409 e. The Morgan fingerprint density at radius 2 is 2.33 bits per heavy atom. The molecule has 5 heteroatoms. The second-order valence-corrected chi connectivity index (χ2v) is 5.17. The zero-order valence-electron chi connectivity index (χ0n) is 11.1. The Hall–Kier alpha value is -1.78. The summed E-state index contributed by atoms with van der Waals surface area (Å²) in [6, 6.07) is 1.87. The second kappa shape index (κ2) is 4.84. The number of pyridine rings is 1. The molecule has 1 saturated carbocycles. The van der Waals surface area contributed by atoms with Crippen molar-refractivity contribution in [2.45, 2.75) is 20.3 Å². The quantitative estimate of drug-likeness (QED) is 0.367. The van der Waals surface area contributed by atoms with Gasteiger partial charge in [-0.05, 0) is 36.8 Å². The first-order valence-electron chi connectivity index (χ1n) is 6.19. The van der Waals surface area contributed by atoms with Gasteiger partial charge in [-0.25, -0.2) is 4.98 Å². The van der Waals surface area contributed by atoms with Gasteiger partial charge in [-0.3, -0.25) is 0 Å². The van der Waals surface area contributed by atoms with Crippen LogP contribution in [0.2, 0.25) is 0 Å². The summed E-state index contributed by atoms with van der Waals surface area (Å²) < 4.78 is 0. The molecule has 1 heterocycles. The molecule has 0 aromatic carbocycles. The van der Waals surface area contributed by atoms with E-state index in [1.165, 1.54) is 6.42 Å². The van der Waals surface area contributed by atoms with Crippen LogP contribution in [0.25, 0.3) is 0 Å². The normalized spacial score (nSPS) is 22.9. The van der Waals surface area contributed by atoms with Gasteiger partial charge in [-0.1, -0.05) is 12.1 Å². The van der Waals surface area contributed by atoms with Gasteiger partial charge in [0, 0.05) is 19.8 Å². The second-order valence-electron chi connectivity index (χ2n) is 5.17. The van der Waals surface area contributed by atoms with Crippen LogP contribution in [-0.4, -0.2) is 29.6 Å². The molecule has 0 saturated heterocycles. The van der Waals surface area contributed by atoms with Gasteiger partial charge >= 0.3 is 0 Å². The van der Waals surface area contributed by atoms with Crippen LogP contribution in [0.3, 0.4) is 0 Å². The third-order valence-corrected chi connectivity index (χ3v) is 3.65. The topological polar surface area (TPSA) is 74.7 Å². The highest BCUT2D eigenvalue weighted by Gasteiger charge is 2.34. The van der Waals surface area contributed by atoms with Crippen LogP contribution in [0.15, 0.2) is 17.4 Å². The number of oxime groups is 1. The van der Waals surface area contributed by atoms with Crippen molar-refractivity contribution in [2.24, 2.45) is 22.7 Å². The molecule has 0 spiro atoms. The Morgan fingerprint density at radius 1 is 1.67 bits per heavy atom. The molecule has 0 bridgehead atoms. The molecule has 1 aromatic heterocycles. The molecule has 0 amide bonds. The average molecular weight is 248 g/mol. The van der Waals surface area contributed by atoms with Crippen LogP contribution in [0.1, 0.15) is 24.5 Å². The van der Waals surface area contributed by atoms with Crippen LogP contribution in [0, 0.1) is 18.8 Å². The lowest BCUT2D eigenvalue weighted by atomic mass is 10.1. The number of hydrogen-bond donors (Lipinski definition) is 2. The van der Waals surface area contributed by atoms with Crippen molar-refractivity contribution < 1.29 is 5.21 Å². The van der Waals surface area contributed by atoms with Gasteiger partial charge in [0.2, 0.25) is 0 Å². The predicted octanol–water partition coefficient (Wildman–Crippen LogP) is 1.58. The third kappa shape index (κ3) is 2.39. The van der Waals surface area contributed by atoms with Crippen molar-refractivity contribution in [3.8, 4) is 0 Å². The number of nitrogens with two attached hydrogens (primary N) is 1. The molecule has 1 aliphatic rings. The first kappa shape index (κ1) is 12.7. The van der Waals surface area contributed by atoms with E-state index < -0.39 is 0 Å². The zero-order valence-corrected chi connectivity index (χ0v) is 11.1. The van der Waals surface area contributed by atoms with E-state index in [-0.39, 0.29) is 5.84 Å². The molecule has 1 aromatic rings. The number of nitrogens with zero attached hydrogens (tertiary/aromatic N) is 3. The molecular weight excluding hydrogens is 228 g/mol.